The van der Waals surface area contributed by atoms with Gasteiger partial charge in [0.25, 0.3) is 0 Å². The van der Waals surface area contributed by atoms with Gasteiger partial charge in [0.1, 0.15) is 11.8 Å². The van der Waals surface area contributed by atoms with Crippen LogP contribution in [0.3, 0.4) is 0 Å². The van der Waals surface area contributed by atoms with Crippen LogP contribution in [-0.4, -0.2) is 4.98 Å². The minimum atomic E-state index is 0.504. The first kappa shape index (κ1) is 8.97. The average molecular weight is 204 g/mol. The zero-order valence-corrected chi connectivity index (χ0v) is 8.25. The zero-order chi connectivity index (χ0) is 9.80. The highest BCUT2D eigenvalue weighted by molar-refractivity contribution is 7.09. The zero-order valence-electron chi connectivity index (χ0n) is 7.43. The summed E-state index contributed by atoms with van der Waals surface area (Å²) in [5.74, 6) is 0.957. The molecule has 0 N–H and O–H groups in total. The van der Waals surface area contributed by atoms with E-state index in [9.17, 15) is 0 Å². The number of nitrogens with zero attached hydrogens (tertiary/aromatic N) is 2. The second-order valence-corrected chi connectivity index (χ2v) is 3.76. The molecule has 0 fully saturated rings. The van der Waals surface area contributed by atoms with Gasteiger partial charge in [0.05, 0.1) is 11.3 Å². The fraction of sp³-hybridized carbons (Fsp3) is 0.200. The third kappa shape index (κ3) is 2.01. The third-order valence-electron chi connectivity index (χ3n) is 1.83. The Bertz CT molecular complexity index is 439. The molecule has 3 nitrogen and oxygen atoms in total. The van der Waals surface area contributed by atoms with Crippen LogP contribution in [0.4, 0.5) is 0 Å². The molecule has 4 heteroatoms. The van der Waals surface area contributed by atoms with Crippen molar-refractivity contribution in [2.75, 3.05) is 0 Å². The first-order chi connectivity index (χ1) is 6.88. The van der Waals surface area contributed by atoms with Crippen molar-refractivity contribution in [1.82, 2.24) is 4.98 Å². The number of hydrogen-bond donors (Lipinski definition) is 0. The standard InChI is InChI=1S/C10H8N2OS/c11-6-8-7-14-10(12-8)4-3-9-2-1-5-13-9/h1-2,5,7H,3-4H2. The maximum absolute atomic E-state index is 8.58. The van der Waals surface area contributed by atoms with E-state index in [1.165, 1.54) is 11.3 Å². The number of rotatable bonds is 3. The molecule has 0 unspecified atom stereocenters. The first-order valence-corrected chi connectivity index (χ1v) is 5.13. The Kier molecular flexibility index (Phi) is 2.61. The lowest BCUT2D eigenvalue weighted by molar-refractivity contribution is 0.508. The van der Waals surface area contributed by atoms with Crippen molar-refractivity contribution in [2.45, 2.75) is 12.8 Å². The highest BCUT2D eigenvalue weighted by Crippen LogP contribution is 2.12. The summed E-state index contributed by atoms with van der Waals surface area (Å²) in [5.41, 5.74) is 0.504. The number of furan rings is 1. The van der Waals surface area contributed by atoms with Gasteiger partial charge in [0.2, 0.25) is 0 Å². The molecule has 0 aromatic carbocycles. The summed E-state index contributed by atoms with van der Waals surface area (Å²) in [5, 5.41) is 11.3. The molecule has 0 aliphatic heterocycles. The summed E-state index contributed by atoms with van der Waals surface area (Å²) in [4.78, 5) is 4.14. The Morgan fingerprint density at radius 3 is 3.07 bits per heavy atom. The van der Waals surface area contributed by atoms with Gasteiger partial charge in [0.15, 0.2) is 5.69 Å². The first-order valence-electron chi connectivity index (χ1n) is 4.25. The van der Waals surface area contributed by atoms with E-state index in [0.29, 0.717) is 5.69 Å². The van der Waals surface area contributed by atoms with Crippen LogP contribution in [0.25, 0.3) is 0 Å². The number of aromatic nitrogens is 1. The van der Waals surface area contributed by atoms with Gasteiger partial charge >= 0.3 is 0 Å². The minimum Gasteiger partial charge on any atom is -0.469 e. The van der Waals surface area contributed by atoms with Crippen molar-refractivity contribution in [2.24, 2.45) is 0 Å². The van der Waals surface area contributed by atoms with Gasteiger partial charge < -0.3 is 4.42 Å². The SMILES string of the molecule is N#Cc1csc(CCc2ccco2)n1. The maximum Gasteiger partial charge on any atom is 0.151 e. The number of nitriles is 1. The Labute approximate surface area is 85.6 Å². The molecule has 0 saturated carbocycles. The average Bonchev–Trinajstić information content (AvgIpc) is 2.86. The predicted molar refractivity (Wildman–Crippen MR) is 52.9 cm³/mol. The van der Waals surface area contributed by atoms with Crippen molar-refractivity contribution in [3.63, 3.8) is 0 Å². The van der Waals surface area contributed by atoms with Gasteiger partial charge in [-0.2, -0.15) is 5.26 Å². The molecule has 0 radical (unpaired) electrons. The van der Waals surface area contributed by atoms with Crippen molar-refractivity contribution >= 4 is 11.3 Å². The quantitative estimate of drug-likeness (QED) is 0.771. The van der Waals surface area contributed by atoms with E-state index in [-0.39, 0.29) is 0 Å². The van der Waals surface area contributed by atoms with Crippen LogP contribution in [0, 0.1) is 11.3 Å². The fourth-order valence-electron chi connectivity index (χ4n) is 1.16. The van der Waals surface area contributed by atoms with Gasteiger partial charge in [0, 0.05) is 18.2 Å². The van der Waals surface area contributed by atoms with Crippen molar-refractivity contribution < 1.29 is 4.42 Å². The number of thiazole rings is 1. The smallest absolute Gasteiger partial charge is 0.151 e. The van der Waals surface area contributed by atoms with Gasteiger partial charge in [-0.05, 0) is 12.1 Å². The second kappa shape index (κ2) is 4.07. The van der Waals surface area contributed by atoms with E-state index in [4.69, 9.17) is 9.68 Å². The largest absolute Gasteiger partial charge is 0.469 e. The summed E-state index contributed by atoms with van der Waals surface area (Å²) < 4.78 is 5.20. The number of hydrogen-bond acceptors (Lipinski definition) is 4. The molecule has 0 atom stereocenters. The lowest BCUT2D eigenvalue weighted by Gasteiger charge is -1.92. The van der Waals surface area contributed by atoms with Gasteiger partial charge in [-0.1, -0.05) is 0 Å². The molecular formula is C10H8N2OS. The highest BCUT2D eigenvalue weighted by atomic mass is 32.1. The van der Waals surface area contributed by atoms with Crippen LogP contribution in [0.5, 0.6) is 0 Å². The molecule has 2 rings (SSSR count). The lowest BCUT2D eigenvalue weighted by Crippen LogP contribution is -1.88. The van der Waals surface area contributed by atoms with E-state index in [0.717, 1.165) is 23.6 Å². The maximum atomic E-state index is 8.58. The lowest BCUT2D eigenvalue weighted by atomic mass is 10.2. The van der Waals surface area contributed by atoms with Crippen LogP contribution in [-0.2, 0) is 12.8 Å². The molecule has 70 valence electrons. The molecule has 0 amide bonds. The molecule has 0 aliphatic rings. The fourth-order valence-corrected chi connectivity index (χ4v) is 1.89. The molecule has 2 aromatic heterocycles. The van der Waals surface area contributed by atoms with E-state index < -0.39 is 0 Å². The Hall–Kier alpha value is -1.60. The topological polar surface area (TPSA) is 49.8 Å². The van der Waals surface area contributed by atoms with Gasteiger partial charge in [-0.3, -0.25) is 0 Å². The molecule has 0 bridgehead atoms. The van der Waals surface area contributed by atoms with E-state index >= 15 is 0 Å². The summed E-state index contributed by atoms with van der Waals surface area (Å²) in [6, 6.07) is 5.83. The summed E-state index contributed by atoms with van der Waals surface area (Å²) >= 11 is 1.52. The molecule has 2 heterocycles. The molecule has 2 aromatic rings. The van der Waals surface area contributed by atoms with Crippen LogP contribution in [0.15, 0.2) is 28.2 Å². The number of aryl methyl sites for hydroxylation is 2. The van der Waals surface area contributed by atoms with E-state index in [2.05, 4.69) is 4.98 Å². The van der Waals surface area contributed by atoms with Crippen LogP contribution >= 0.6 is 11.3 Å². The Morgan fingerprint density at radius 2 is 2.43 bits per heavy atom. The van der Waals surface area contributed by atoms with Crippen molar-refractivity contribution in [1.29, 1.82) is 5.26 Å². The van der Waals surface area contributed by atoms with Crippen LogP contribution in [0.1, 0.15) is 16.5 Å². The van der Waals surface area contributed by atoms with E-state index in [1.54, 1.807) is 11.6 Å². The second-order valence-electron chi connectivity index (χ2n) is 2.82. The van der Waals surface area contributed by atoms with Crippen LogP contribution in [0.2, 0.25) is 0 Å². The van der Waals surface area contributed by atoms with Crippen molar-refractivity contribution in [3.05, 3.63) is 40.2 Å². The third-order valence-corrected chi connectivity index (χ3v) is 2.74. The highest BCUT2D eigenvalue weighted by Gasteiger charge is 2.02. The molecular weight excluding hydrogens is 196 g/mol. The predicted octanol–water partition coefficient (Wildman–Crippen LogP) is 2.39. The van der Waals surface area contributed by atoms with Crippen LogP contribution < -0.4 is 0 Å². The van der Waals surface area contributed by atoms with Gasteiger partial charge in [-0.15, -0.1) is 11.3 Å². The Morgan fingerprint density at radius 1 is 1.50 bits per heavy atom. The molecule has 0 spiro atoms. The van der Waals surface area contributed by atoms with E-state index in [1.807, 2.05) is 18.2 Å². The summed E-state index contributed by atoms with van der Waals surface area (Å²) in [6.07, 6.45) is 3.34. The molecule has 0 aliphatic carbocycles. The summed E-state index contributed by atoms with van der Waals surface area (Å²) in [6.45, 7) is 0. The minimum absolute atomic E-state index is 0.504. The Balaban J connectivity index is 1.96. The monoisotopic (exact) mass is 204 g/mol. The van der Waals surface area contributed by atoms with Crippen molar-refractivity contribution in [3.8, 4) is 6.07 Å². The summed E-state index contributed by atoms with van der Waals surface area (Å²) in [7, 11) is 0. The molecule has 0 saturated heterocycles. The normalized spacial score (nSPS) is 9.93. The molecule has 14 heavy (non-hydrogen) atoms. The van der Waals surface area contributed by atoms with Gasteiger partial charge in [-0.25, -0.2) is 4.98 Å².